The molecule has 1 fully saturated rings. The zero-order valence-corrected chi connectivity index (χ0v) is 13.1. The minimum absolute atomic E-state index is 0.449. The molecular formula is C17H21FN4O. The molecule has 0 amide bonds. The third-order valence-electron chi connectivity index (χ3n) is 3.96. The summed E-state index contributed by atoms with van der Waals surface area (Å²) in [7, 11) is 1.54. The van der Waals surface area contributed by atoms with Gasteiger partial charge in [-0.05, 0) is 24.0 Å². The van der Waals surface area contributed by atoms with Gasteiger partial charge in [0.2, 0.25) is 5.95 Å². The number of nitrogens with one attached hydrogen (secondary N) is 1. The predicted molar refractivity (Wildman–Crippen MR) is 87.8 cm³/mol. The molecule has 2 unspecified atom stereocenters. The van der Waals surface area contributed by atoms with Crippen LogP contribution in [0.1, 0.15) is 24.5 Å². The molecule has 6 heteroatoms. The fourth-order valence-corrected chi connectivity index (χ4v) is 2.47. The second kappa shape index (κ2) is 7.02. The zero-order chi connectivity index (χ0) is 16.2. The van der Waals surface area contributed by atoms with Crippen LogP contribution in [0, 0.1) is 0 Å². The summed E-state index contributed by atoms with van der Waals surface area (Å²) in [4.78, 5) is 8.67. The first kappa shape index (κ1) is 15.8. The first-order chi connectivity index (χ1) is 11.2. The molecule has 3 rings (SSSR count). The minimum Gasteiger partial charge on any atom is -0.375 e. The number of hydrogen-bond donors (Lipinski definition) is 2. The van der Waals surface area contributed by atoms with Gasteiger partial charge in [-0.25, -0.2) is 14.4 Å². The van der Waals surface area contributed by atoms with Crippen LogP contribution < -0.4 is 11.1 Å². The van der Waals surface area contributed by atoms with Crippen LogP contribution in [0.15, 0.2) is 36.7 Å². The van der Waals surface area contributed by atoms with E-state index >= 15 is 0 Å². The topological polar surface area (TPSA) is 73.1 Å². The molecule has 1 saturated carbocycles. The van der Waals surface area contributed by atoms with Gasteiger partial charge < -0.3 is 15.8 Å². The van der Waals surface area contributed by atoms with Crippen LogP contribution in [-0.4, -0.2) is 35.8 Å². The Labute approximate surface area is 135 Å². The molecule has 3 N–H and O–H groups in total. The molecule has 0 bridgehead atoms. The van der Waals surface area contributed by atoms with Crippen molar-refractivity contribution in [3.63, 3.8) is 0 Å². The number of benzene rings is 1. The molecule has 1 aromatic carbocycles. The van der Waals surface area contributed by atoms with Gasteiger partial charge in [0.15, 0.2) is 0 Å². The maximum absolute atomic E-state index is 12.8. The van der Waals surface area contributed by atoms with E-state index in [-0.39, 0.29) is 0 Å². The maximum atomic E-state index is 12.8. The average Bonchev–Trinajstić information content (AvgIpc) is 3.41. The van der Waals surface area contributed by atoms with Crippen molar-refractivity contribution >= 4 is 5.95 Å². The van der Waals surface area contributed by atoms with Gasteiger partial charge >= 0.3 is 0 Å². The maximum Gasteiger partial charge on any atom is 0.222 e. The number of halogens is 1. The number of aromatic nitrogens is 2. The summed E-state index contributed by atoms with van der Waals surface area (Å²) in [5.74, 6) is 0.668. The van der Waals surface area contributed by atoms with Crippen LogP contribution in [-0.2, 0) is 4.74 Å². The lowest BCUT2D eigenvalue weighted by Crippen LogP contribution is -2.31. The molecule has 1 aliphatic carbocycles. The molecular weight excluding hydrogens is 295 g/mol. The first-order valence-corrected chi connectivity index (χ1v) is 7.74. The number of methoxy groups -OCH3 is 1. The highest BCUT2D eigenvalue weighted by molar-refractivity contribution is 5.62. The van der Waals surface area contributed by atoms with Gasteiger partial charge in [0, 0.05) is 31.1 Å². The molecule has 0 radical (unpaired) electrons. The monoisotopic (exact) mass is 316 g/mol. The summed E-state index contributed by atoms with van der Waals surface area (Å²) in [6.45, 7) is -0.621. The highest BCUT2D eigenvalue weighted by Crippen LogP contribution is 2.26. The molecule has 0 spiro atoms. The number of rotatable bonds is 7. The SMILES string of the molecule is COC(c1ccc(-c2cnc(NC3CC3)nc2)cc1)C(N)CF. The van der Waals surface area contributed by atoms with Gasteiger partial charge in [0.25, 0.3) is 0 Å². The highest BCUT2D eigenvalue weighted by atomic mass is 19.1. The van der Waals surface area contributed by atoms with Crippen LogP contribution in [0.4, 0.5) is 10.3 Å². The zero-order valence-electron chi connectivity index (χ0n) is 13.1. The smallest absolute Gasteiger partial charge is 0.222 e. The van der Waals surface area contributed by atoms with E-state index in [1.807, 2.05) is 24.3 Å². The quantitative estimate of drug-likeness (QED) is 0.821. The number of anilines is 1. The lowest BCUT2D eigenvalue weighted by Gasteiger charge is -2.20. The Hall–Kier alpha value is -2.05. The van der Waals surface area contributed by atoms with Crippen molar-refractivity contribution in [2.24, 2.45) is 5.73 Å². The Balaban J connectivity index is 1.73. The van der Waals surface area contributed by atoms with Gasteiger partial charge in [0.1, 0.15) is 6.67 Å². The summed E-state index contributed by atoms with van der Waals surface area (Å²) in [6, 6.07) is 7.55. The predicted octanol–water partition coefficient (Wildman–Crippen LogP) is 2.70. The van der Waals surface area contributed by atoms with Crippen LogP contribution >= 0.6 is 0 Å². The van der Waals surface area contributed by atoms with E-state index in [2.05, 4.69) is 15.3 Å². The van der Waals surface area contributed by atoms with Crippen molar-refractivity contribution in [2.45, 2.75) is 31.0 Å². The standard InChI is InChI=1S/C17H21FN4O/c1-23-16(15(19)8-18)12-4-2-11(3-5-12)13-9-20-17(21-10-13)22-14-6-7-14/h2-5,9-10,14-16H,6-8,19H2,1H3,(H,20,21,22). The van der Waals surface area contributed by atoms with E-state index in [1.165, 1.54) is 20.0 Å². The second-order valence-corrected chi connectivity index (χ2v) is 5.81. The van der Waals surface area contributed by atoms with Gasteiger partial charge in [-0.1, -0.05) is 24.3 Å². The van der Waals surface area contributed by atoms with E-state index in [9.17, 15) is 4.39 Å². The molecule has 23 heavy (non-hydrogen) atoms. The second-order valence-electron chi connectivity index (χ2n) is 5.81. The summed E-state index contributed by atoms with van der Waals surface area (Å²) < 4.78 is 18.1. The van der Waals surface area contributed by atoms with E-state index in [4.69, 9.17) is 10.5 Å². The molecule has 0 aliphatic heterocycles. The van der Waals surface area contributed by atoms with Gasteiger partial charge in [0.05, 0.1) is 12.1 Å². The lowest BCUT2D eigenvalue weighted by atomic mass is 10.0. The molecule has 0 saturated heterocycles. The van der Waals surface area contributed by atoms with Crippen molar-refractivity contribution < 1.29 is 9.13 Å². The van der Waals surface area contributed by atoms with Crippen molar-refractivity contribution in [3.8, 4) is 11.1 Å². The van der Waals surface area contributed by atoms with E-state index in [0.717, 1.165) is 16.7 Å². The number of ether oxygens (including phenoxy) is 1. The number of alkyl halides is 1. The van der Waals surface area contributed by atoms with E-state index in [0.29, 0.717) is 12.0 Å². The molecule has 1 aromatic heterocycles. The summed E-state index contributed by atoms with van der Waals surface area (Å²) in [5.41, 5.74) is 8.53. The number of nitrogens with two attached hydrogens (primary N) is 1. The van der Waals surface area contributed by atoms with Crippen LogP contribution in [0.3, 0.4) is 0 Å². The summed E-state index contributed by atoms with van der Waals surface area (Å²) >= 11 is 0. The Morgan fingerprint density at radius 3 is 2.39 bits per heavy atom. The van der Waals surface area contributed by atoms with Crippen molar-refractivity contribution in [1.82, 2.24) is 9.97 Å². The van der Waals surface area contributed by atoms with Gasteiger partial charge in [-0.15, -0.1) is 0 Å². The molecule has 2 atom stereocenters. The van der Waals surface area contributed by atoms with Crippen LogP contribution in [0.5, 0.6) is 0 Å². The molecule has 5 nitrogen and oxygen atoms in total. The van der Waals surface area contributed by atoms with E-state index in [1.54, 1.807) is 12.4 Å². The molecule has 122 valence electrons. The Bertz CT molecular complexity index is 628. The van der Waals surface area contributed by atoms with Gasteiger partial charge in [-0.2, -0.15) is 0 Å². The molecule has 1 heterocycles. The normalized spacial score (nSPS) is 16.8. The third-order valence-corrected chi connectivity index (χ3v) is 3.96. The fraction of sp³-hybridized carbons (Fsp3) is 0.412. The van der Waals surface area contributed by atoms with Crippen LogP contribution in [0.25, 0.3) is 11.1 Å². The van der Waals surface area contributed by atoms with Crippen molar-refractivity contribution in [2.75, 3.05) is 19.1 Å². The Morgan fingerprint density at radius 1 is 1.22 bits per heavy atom. The largest absolute Gasteiger partial charge is 0.375 e. The van der Waals surface area contributed by atoms with Gasteiger partial charge in [-0.3, -0.25) is 0 Å². The Kier molecular flexibility index (Phi) is 4.83. The Morgan fingerprint density at radius 2 is 1.87 bits per heavy atom. The van der Waals surface area contributed by atoms with Crippen molar-refractivity contribution in [1.29, 1.82) is 0 Å². The average molecular weight is 316 g/mol. The summed E-state index contributed by atoms with van der Waals surface area (Å²) in [6.07, 6.45) is 5.53. The van der Waals surface area contributed by atoms with Crippen LogP contribution in [0.2, 0.25) is 0 Å². The molecule has 2 aromatic rings. The highest BCUT2D eigenvalue weighted by Gasteiger charge is 2.22. The summed E-state index contributed by atoms with van der Waals surface area (Å²) in [5, 5.41) is 3.26. The van der Waals surface area contributed by atoms with Crippen molar-refractivity contribution in [3.05, 3.63) is 42.2 Å². The number of hydrogen-bond acceptors (Lipinski definition) is 5. The molecule has 1 aliphatic rings. The third kappa shape index (κ3) is 3.83. The number of nitrogens with zero attached hydrogens (tertiary/aromatic N) is 2. The fourth-order valence-electron chi connectivity index (χ4n) is 2.47. The minimum atomic E-state index is -0.665. The van der Waals surface area contributed by atoms with E-state index < -0.39 is 18.8 Å². The first-order valence-electron chi connectivity index (χ1n) is 7.74. The lowest BCUT2D eigenvalue weighted by molar-refractivity contribution is 0.0721.